The van der Waals surface area contributed by atoms with Crippen LogP contribution in [0.2, 0.25) is 0 Å². The Morgan fingerprint density at radius 1 is 1.22 bits per heavy atom. The first-order valence-corrected chi connectivity index (χ1v) is 6.26. The molecule has 2 aromatic rings. The number of nitrogens with two attached hydrogens (primary N) is 1. The maximum absolute atomic E-state index is 5.70. The van der Waals surface area contributed by atoms with Crippen molar-refractivity contribution in [2.75, 3.05) is 17.6 Å². The second-order valence-electron chi connectivity index (χ2n) is 4.50. The molecule has 1 heterocycles. The van der Waals surface area contributed by atoms with Gasteiger partial charge in [-0.25, -0.2) is 4.98 Å². The van der Waals surface area contributed by atoms with Gasteiger partial charge in [-0.1, -0.05) is 37.3 Å². The molecule has 2 rings (SSSR count). The highest BCUT2D eigenvalue weighted by Crippen LogP contribution is 2.18. The van der Waals surface area contributed by atoms with Crippen molar-refractivity contribution in [3.05, 3.63) is 54.2 Å². The van der Waals surface area contributed by atoms with Gasteiger partial charge in [0.05, 0.1) is 0 Å². The molecule has 3 heteroatoms. The zero-order chi connectivity index (χ0) is 12.8. The summed E-state index contributed by atoms with van der Waals surface area (Å²) in [5.41, 5.74) is 7.82. The Bertz CT molecular complexity index is 482. The minimum absolute atomic E-state index is 0.541. The van der Waals surface area contributed by atoms with Gasteiger partial charge >= 0.3 is 0 Å². The van der Waals surface area contributed by atoms with Crippen LogP contribution >= 0.6 is 0 Å². The van der Waals surface area contributed by atoms with Gasteiger partial charge in [0, 0.05) is 24.5 Å². The highest BCUT2D eigenvalue weighted by molar-refractivity contribution is 5.48. The Balaban J connectivity index is 1.82. The number of rotatable bonds is 5. The van der Waals surface area contributed by atoms with E-state index in [1.54, 1.807) is 12.3 Å². The lowest BCUT2D eigenvalue weighted by atomic mass is 9.98. The van der Waals surface area contributed by atoms with Crippen LogP contribution in [-0.2, 0) is 0 Å². The van der Waals surface area contributed by atoms with Crippen LogP contribution in [0.3, 0.4) is 0 Å². The van der Waals surface area contributed by atoms with E-state index < -0.39 is 0 Å². The number of hydrogen-bond acceptors (Lipinski definition) is 3. The smallest absolute Gasteiger partial charge is 0.127 e. The highest BCUT2D eigenvalue weighted by atomic mass is 15.0. The lowest BCUT2D eigenvalue weighted by Gasteiger charge is -2.12. The molecule has 0 radical (unpaired) electrons. The Kier molecular flexibility index (Phi) is 4.18. The summed E-state index contributed by atoms with van der Waals surface area (Å²) in [4.78, 5) is 4.22. The summed E-state index contributed by atoms with van der Waals surface area (Å²) in [6.07, 6.45) is 2.79. The van der Waals surface area contributed by atoms with Crippen LogP contribution in [0, 0.1) is 0 Å². The van der Waals surface area contributed by atoms with Crippen molar-refractivity contribution in [1.29, 1.82) is 0 Å². The molecule has 0 saturated carbocycles. The number of nitrogens with zero attached hydrogens (tertiary/aromatic N) is 1. The minimum atomic E-state index is 0.541. The number of pyridine rings is 1. The van der Waals surface area contributed by atoms with Crippen molar-refractivity contribution in [3.63, 3.8) is 0 Å². The predicted molar refractivity (Wildman–Crippen MR) is 76.6 cm³/mol. The summed E-state index contributed by atoms with van der Waals surface area (Å²) in [5, 5.41) is 3.30. The molecule has 3 nitrogen and oxygen atoms in total. The van der Waals surface area contributed by atoms with Crippen LogP contribution in [0.4, 0.5) is 11.5 Å². The fraction of sp³-hybridized carbons (Fsp3) is 0.267. The first kappa shape index (κ1) is 12.4. The number of nitrogen functional groups attached to an aromatic ring is 1. The predicted octanol–water partition coefficient (Wildman–Crippen LogP) is 3.27. The summed E-state index contributed by atoms with van der Waals surface area (Å²) in [7, 11) is 0. The summed E-state index contributed by atoms with van der Waals surface area (Å²) in [5.74, 6) is 1.38. The second-order valence-corrected chi connectivity index (χ2v) is 4.50. The quantitative estimate of drug-likeness (QED) is 0.844. The van der Waals surface area contributed by atoms with Crippen molar-refractivity contribution < 1.29 is 0 Å². The van der Waals surface area contributed by atoms with Gasteiger partial charge in [0.1, 0.15) is 5.82 Å². The summed E-state index contributed by atoms with van der Waals surface area (Å²) in [6.45, 7) is 3.14. The number of nitrogens with one attached hydrogen (secondary N) is 1. The van der Waals surface area contributed by atoms with E-state index in [2.05, 4.69) is 41.5 Å². The van der Waals surface area contributed by atoms with Crippen molar-refractivity contribution in [1.82, 2.24) is 4.98 Å². The molecule has 1 atom stereocenters. The molecule has 3 N–H and O–H groups in total. The van der Waals surface area contributed by atoms with Crippen molar-refractivity contribution in [3.8, 4) is 0 Å². The molecule has 0 aliphatic carbocycles. The molecule has 1 unspecified atom stereocenters. The molecule has 1 aromatic carbocycles. The first-order chi connectivity index (χ1) is 8.75. The van der Waals surface area contributed by atoms with Gasteiger partial charge in [0.2, 0.25) is 0 Å². The van der Waals surface area contributed by atoms with E-state index in [1.807, 2.05) is 12.1 Å². The van der Waals surface area contributed by atoms with Crippen molar-refractivity contribution >= 4 is 11.5 Å². The molecule has 18 heavy (non-hydrogen) atoms. The van der Waals surface area contributed by atoms with Crippen molar-refractivity contribution in [2.45, 2.75) is 19.3 Å². The van der Waals surface area contributed by atoms with Gasteiger partial charge in [-0.05, 0) is 24.0 Å². The third-order valence-corrected chi connectivity index (χ3v) is 3.04. The monoisotopic (exact) mass is 241 g/mol. The van der Waals surface area contributed by atoms with E-state index in [1.165, 1.54) is 5.56 Å². The Morgan fingerprint density at radius 2 is 2.00 bits per heavy atom. The zero-order valence-electron chi connectivity index (χ0n) is 10.6. The lowest BCUT2D eigenvalue weighted by molar-refractivity contribution is 0.705. The number of benzene rings is 1. The van der Waals surface area contributed by atoms with Crippen LogP contribution in [0.5, 0.6) is 0 Å². The summed E-state index contributed by atoms with van der Waals surface area (Å²) in [6, 6.07) is 14.2. The van der Waals surface area contributed by atoms with Gasteiger partial charge in [-0.3, -0.25) is 0 Å². The fourth-order valence-electron chi connectivity index (χ4n) is 1.91. The maximum atomic E-state index is 5.70. The van der Waals surface area contributed by atoms with E-state index in [4.69, 9.17) is 5.73 Å². The van der Waals surface area contributed by atoms with Gasteiger partial charge in [0.15, 0.2) is 0 Å². The standard InChI is InChI=1S/C15H19N3/c1-12(13-5-3-2-4-6-13)7-9-17-15-11-14(16)8-10-18-15/h2-6,8,10-12H,7,9H2,1H3,(H3,16,17,18). The SMILES string of the molecule is CC(CCNc1cc(N)ccn1)c1ccccc1. The second kappa shape index (κ2) is 6.05. The summed E-state index contributed by atoms with van der Waals surface area (Å²) < 4.78 is 0. The zero-order valence-corrected chi connectivity index (χ0v) is 10.6. The lowest BCUT2D eigenvalue weighted by Crippen LogP contribution is -2.07. The third kappa shape index (κ3) is 3.48. The van der Waals surface area contributed by atoms with E-state index in [-0.39, 0.29) is 0 Å². The van der Waals surface area contributed by atoms with E-state index in [9.17, 15) is 0 Å². The molecule has 0 spiro atoms. The van der Waals surface area contributed by atoms with Crippen LogP contribution < -0.4 is 11.1 Å². The Hall–Kier alpha value is -2.03. The molecular formula is C15H19N3. The molecule has 1 aromatic heterocycles. The highest BCUT2D eigenvalue weighted by Gasteiger charge is 2.04. The van der Waals surface area contributed by atoms with Gasteiger partial charge in [-0.2, -0.15) is 0 Å². The van der Waals surface area contributed by atoms with Gasteiger partial charge in [0.25, 0.3) is 0 Å². The number of anilines is 2. The Labute approximate surface area is 108 Å². The normalized spacial score (nSPS) is 12.1. The van der Waals surface area contributed by atoms with Gasteiger partial charge in [-0.15, -0.1) is 0 Å². The average Bonchev–Trinajstić information content (AvgIpc) is 2.40. The fourth-order valence-corrected chi connectivity index (χ4v) is 1.91. The number of aromatic nitrogens is 1. The van der Waals surface area contributed by atoms with Crippen LogP contribution in [0.25, 0.3) is 0 Å². The maximum Gasteiger partial charge on any atom is 0.127 e. The van der Waals surface area contributed by atoms with Crippen LogP contribution in [-0.4, -0.2) is 11.5 Å². The molecular weight excluding hydrogens is 222 g/mol. The first-order valence-electron chi connectivity index (χ1n) is 6.26. The topological polar surface area (TPSA) is 50.9 Å². The van der Waals surface area contributed by atoms with E-state index in [0.29, 0.717) is 5.92 Å². The Morgan fingerprint density at radius 3 is 2.72 bits per heavy atom. The molecule has 94 valence electrons. The van der Waals surface area contributed by atoms with E-state index in [0.717, 1.165) is 24.5 Å². The minimum Gasteiger partial charge on any atom is -0.399 e. The largest absolute Gasteiger partial charge is 0.399 e. The molecule has 0 amide bonds. The summed E-state index contributed by atoms with van der Waals surface area (Å²) >= 11 is 0. The third-order valence-electron chi connectivity index (χ3n) is 3.04. The van der Waals surface area contributed by atoms with Crippen LogP contribution in [0.15, 0.2) is 48.7 Å². The molecule has 0 bridgehead atoms. The van der Waals surface area contributed by atoms with Crippen molar-refractivity contribution in [2.24, 2.45) is 0 Å². The van der Waals surface area contributed by atoms with Gasteiger partial charge < -0.3 is 11.1 Å². The molecule has 0 aliphatic heterocycles. The van der Waals surface area contributed by atoms with E-state index >= 15 is 0 Å². The van der Waals surface area contributed by atoms with Crippen LogP contribution in [0.1, 0.15) is 24.8 Å². The number of hydrogen-bond donors (Lipinski definition) is 2. The molecule has 0 aliphatic rings. The molecule has 0 saturated heterocycles. The average molecular weight is 241 g/mol. The molecule has 0 fully saturated rings.